The highest BCUT2D eigenvalue weighted by molar-refractivity contribution is 7.87. The van der Waals surface area contributed by atoms with Crippen molar-refractivity contribution in [2.24, 2.45) is 0 Å². The molecule has 54 heavy (non-hydrogen) atoms. The van der Waals surface area contributed by atoms with Crippen LogP contribution in [0.3, 0.4) is 0 Å². The number of aliphatic hydroxyl groups is 1. The maximum Gasteiger partial charge on any atom is 0.299 e. The smallest absolute Gasteiger partial charge is 0.299 e. The monoisotopic (exact) mass is 794 g/mol. The Bertz CT molecular complexity index is 2010. The molecule has 2 aliphatic heterocycles. The summed E-state index contributed by atoms with van der Waals surface area (Å²) in [5, 5.41) is 12.7. The lowest BCUT2D eigenvalue weighted by atomic mass is 9.95. The summed E-state index contributed by atoms with van der Waals surface area (Å²) in [4.78, 5) is -0.00110. The van der Waals surface area contributed by atoms with Gasteiger partial charge in [-0.05, 0) is 66.4 Å². The molecule has 1 N–H and O–H groups in total. The number of benzene rings is 4. The number of aliphatic hydroxyl groups excluding tert-OH is 1. The minimum absolute atomic E-state index is 0.0109. The van der Waals surface area contributed by atoms with E-state index in [1.807, 2.05) is 50.2 Å². The van der Waals surface area contributed by atoms with Crippen LogP contribution in [0.4, 0.5) is 0 Å². The van der Waals surface area contributed by atoms with Gasteiger partial charge in [0.15, 0.2) is 12.6 Å². The molecular formula is C41H50O10S2Si. The molecule has 2 unspecified atom stereocenters. The van der Waals surface area contributed by atoms with Crippen LogP contribution >= 0.6 is 0 Å². The van der Waals surface area contributed by atoms with Crippen molar-refractivity contribution in [3.05, 3.63) is 120 Å². The summed E-state index contributed by atoms with van der Waals surface area (Å²) < 4.78 is 84.7. The van der Waals surface area contributed by atoms with E-state index in [1.165, 1.54) is 24.3 Å². The Labute approximate surface area is 320 Å². The van der Waals surface area contributed by atoms with Gasteiger partial charge in [0.2, 0.25) is 0 Å². The van der Waals surface area contributed by atoms with Crippen LogP contribution in [0.5, 0.6) is 0 Å². The predicted octanol–water partition coefficient (Wildman–Crippen LogP) is 6.12. The first-order chi connectivity index (χ1) is 25.5. The highest BCUT2D eigenvalue weighted by Gasteiger charge is 2.52. The predicted molar refractivity (Wildman–Crippen MR) is 208 cm³/mol. The van der Waals surface area contributed by atoms with Crippen molar-refractivity contribution in [3.8, 4) is 0 Å². The topological polar surface area (TPSA) is 135 Å². The molecular weight excluding hydrogens is 745 g/mol. The lowest BCUT2D eigenvalue weighted by Gasteiger charge is -2.47. The number of rotatable bonds is 12. The lowest BCUT2D eigenvalue weighted by Crippen LogP contribution is -2.68. The largest absolute Gasteiger partial charge is 0.404 e. The van der Waals surface area contributed by atoms with Crippen molar-refractivity contribution in [1.82, 2.24) is 0 Å². The number of ether oxygens (including phenoxy) is 2. The molecule has 2 fully saturated rings. The van der Waals surface area contributed by atoms with Crippen LogP contribution in [-0.2, 0) is 42.5 Å². The molecule has 10 nitrogen and oxygen atoms in total. The number of hydrogen-bond acceptors (Lipinski definition) is 10. The standard InChI is InChI=1S/C41H50O10S2Si/c1-29-16-20-35(21-17-29)52(43,44)49-39-25-31(42)24-32(47-39)26-33-27-34(28-40(48-33)50-53(45,46)36-22-18-30(2)19-23-36)51-54(41(3,4)5,37-12-8-6-9-13-37)38-14-10-7-11-15-38/h6-23,31-34,39-40,42H,24-28H2,1-5H3/t31-,32?,33?,34-,39-,40+/m0/s1. The van der Waals surface area contributed by atoms with Crippen molar-refractivity contribution in [2.45, 2.75) is 119 Å². The van der Waals surface area contributed by atoms with Crippen LogP contribution in [0.25, 0.3) is 0 Å². The lowest BCUT2D eigenvalue weighted by molar-refractivity contribution is -0.208. The van der Waals surface area contributed by atoms with Crippen LogP contribution < -0.4 is 10.4 Å². The van der Waals surface area contributed by atoms with Gasteiger partial charge in [0.05, 0.1) is 34.2 Å². The molecule has 2 aliphatic rings. The normalized spacial score (nSPS) is 24.3. The molecule has 0 radical (unpaired) electrons. The Balaban J connectivity index is 1.29. The van der Waals surface area contributed by atoms with E-state index in [2.05, 4.69) is 45.0 Å². The van der Waals surface area contributed by atoms with Crippen molar-refractivity contribution in [1.29, 1.82) is 0 Å². The van der Waals surface area contributed by atoms with Gasteiger partial charge >= 0.3 is 0 Å². The molecule has 4 aromatic carbocycles. The molecule has 2 heterocycles. The first-order valence-corrected chi connectivity index (χ1v) is 23.0. The van der Waals surface area contributed by atoms with Crippen LogP contribution in [-0.4, -0.2) is 67.3 Å². The van der Waals surface area contributed by atoms with E-state index in [1.54, 1.807) is 24.3 Å². The molecule has 6 atom stereocenters. The van der Waals surface area contributed by atoms with Gasteiger partial charge in [0, 0.05) is 19.3 Å². The fourth-order valence-electron chi connectivity index (χ4n) is 7.44. The molecule has 290 valence electrons. The summed E-state index contributed by atoms with van der Waals surface area (Å²) in [6.45, 7) is 10.2. The molecule has 6 rings (SSSR count). The van der Waals surface area contributed by atoms with E-state index in [-0.39, 0.29) is 40.5 Å². The van der Waals surface area contributed by atoms with E-state index in [0.29, 0.717) is 6.42 Å². The number of aryl methyl sites for hydroxylation is 2. The molecule has 0 aromatic heterocycles. The zero-order chi connectivity index (χ0) is 38.7. The third kappa shape index (κ3) is 9.40. The van der Waals surface area contributed by atoms with Crippen LogP contribution in [0.2, 0.25) is 5.04 Å². The van der Waals surface area contributed by atoms with Crippen molar-refractivity contribution in [3.63, 3.8) is 0 Å². The second-order valence-electron chi connectivity index (χ2n) is 15.3. The Hall–Kier alpha value is -3.24. The fraction of sp³-hybridized carbons (Fsp3) is 0.415. The summed E-state index contributed by atoms with van der Waals surface area (Å²) in [6.07, 6.45) is -4.24. The minimum Gasteiger partial charge on any atom is -0.404 e. The van der Waals surface area contributed by atoms with Crippen LogP contribution in [0.15, 0.2) is 119 Å². The minimum atomic E-state index is -4.23. The van der Waals surface area contributed by atoms with Gasteiger partial charge in [-0.1, -0.05) is 117 Å². The molecule has 0 bridgehead atoms. The first kappa shape index (κ1) is 40.4. The zero-order valence-corrected chi connectivity index (χ0v) is 34.0. The second kappa shape index (κ2) is 16.5. The highest BCUT2D eigenvalue weighted by atomic mass is 32.2. The summed E-state index contributed by atoms with van der Waals surface area (Å²) in [5.41, 5.74) is 1.81. The van der Waals surface area contributed by atoms with Crippen molar-refractivity contribution < 1.29 is 44.2 Å². The Morgan fingerprint density at radius 1 is 0.630 bits per heavy atom. The van der Waals surface area contributed by atoms with Gasteiger partial charge in [0.25, 0.3) is 28.6 Å². The fourth-order valence-corrected chi connectivity index (χ4v) is 14.1. The summed E-state index contributed by atoms with van der Waals surface area (Å²) in [5.74, 6) is 0. The third-order valence-corrected chi connectivity index (χ3v) is 17.8. The Morgan fingerprint density at radius 2 is 1.06 bits per heavy atom. The van der Waals surface area contributed by atoms with Crippen molar-refractivity contribution >= 4 is 38.9 Å². The highest BCUT2D eigenvalue weighted by Crippen LogP contribution is 2.41. The van der Waals surface area contributed by atoms with Crippen molar-refractivity contribution in [2.75, 3.05) is 0 Å². The van der Waals surface area contributed by atoms with E-state index >= 15 is 0 Å². The number of hydrogen-bond donors (Lipinski definition) is 1. The van der Waals surface area contributed by atoms with Gasteiger partial charge in [-0.25, -0.2) is 8.37 Å². The Kier molecular flexibility index (Phi) is 12.3. The van der Waals surface area contributed by atoms with E-state index < -0.39 is 65.5 Å². The van der Waals surface area contributed by atoms with Gasteiger partial charge < -0.3 is 19.0 Å². The molecule has 2 saturated heterocycles. The van der Waals surface area contributed by atoms with Crippen LogP contribution in [0, 0.1) is 13.8 Å². The summed E-state index contributed by atoms with van der Waals surface area (Å²) in [6, 6.07) is 33.1. The average molecular weight is 795 g/mol. The first-order valence-electron chi connectivity index (χ1n) is 18.3. The summed E-state index contributed by atoms with van der Waals surface area (Å²) >= 11 is 0. The van der Waals surface area contributed by atoms with Gasteiger partial charge in [0.1, 0.15) is 0 Å². The molecule has 4 aromatic rings. The molecule has 13 heteroatoms. The summed E-state index contributed by atoms with van der Waals surface area (Å²) in [7, 11) is -11.5. The molecule has 0 saturated carbocycles. The van der Waals surface area contributed by atoms with E-state index in [0.717, 1.165) is 21.5 Å². The quantitative estimate of drug-likeness (QED) is 0.132. The second-order valence-corrected chi connectivity index (χ2v) is 22.7. The van der Waals surface area contributed by atoms with E-state index in [4.69, 9.17) is 22.3 Å². The maximum atomic E-state index is 13.6. The van der Waals surface area contributed by atoms with Gasteiger partial charge in [-0.15, -0.1) is 0 Å². The average Bonchev–Trinajstić information content (AvgIpc) is 3.10. The van der Waals surface area contributed by atoms with Gasteiger partial charge in [-0.2, -0.15) is 16.8 Å². The van der Waals surface area contributed by atoms with Gasteiger partial charge in [-0.3, -0.25) is 0 Å². The third-order valence-electron chi connectivity index (χ3n) is 10.0. The molecule has 0 aliphatic carbocycles. The Morgan fingerprint density at radius 3 is 1.50 bits per heavy atom. The maximum absolute atomic E-state index is 13.6. The zero-order valence-electron chi connectivity index (χ0n) is 31.3. The molecule has 0 amide bonds. The van der Waals surface area contributed by atoms with E-state index in [9.17, 15) is 21.9 Å². The SMILES string of the molecule is Cc1ccc(S(=O)(=O)O[C@@H]2C[C@@H](O[Si](c3ccccc3)(c3ccccc3)C(C)(C)C)CC(CC3C[C@H](O)C[C@H](OS(=O)(=O)c4ccc(C)cc4)O3)O2)cc1. The van der Waals surface area contributed by atoms with Crippen LogP contribution in [0.1, 0.15) is 64.0 Å². The molecule has 0 spiro atoms.